The van der Waals surface area contributed by atoms with E-state index in [0.29, 0.717) is 10.7 Å². The topological polar surface area (TPSA) is 76.3 Å². The van der Waals surface area contributed by atoms with Crippen molar-refractivity contribution in [1.82, 2.24) is 9.29 Å². The van der Waals surface area contributed by atoms with Crippen molar-refractivity contribution in [3.63, 3.8) is 0 Å². The second-order valence-corrected chi connectivity index (χ2v) is 6.26. The summed E-state index contributed by atoms with van der Waals surface area (Å²) in [6.07, 6.45) is 1.46. The molecule has 0 aliphatic rings. The number of aromatic nitrogens is 1. The standard InChI is InChI=1S/C10H16ClN3O2S/c1-8(5-12)14(2)17(15,16)7-9-3-4-10(11)13-6-9/h3-4,6,8H,5,7,12H2,1-2H3/t8-/m1/s1. The van der Waals surface area contributed by atoms with Crippen LogP contribution in [0.25, 0.3) is 0 Å². The van der Waals surface area contributed by atoms with Crippen LogP contribution in [-0.2, 0) is 15.8 Å². The van der Waals surface area contributed by atoms with Gasteiger partial charge in [-0.1, -0.05) is 17.7 Å². The Morgan fingerprint density at radius 3 is 2.65 bits per heavy atom. The van der Waals surface area contributed by atoms with Crippen LogP contribution in [0.15, 0.2) is 18.3 Å². The van der Waals surface area contributed by atoms with Gasteiger partial charge in [0.25, 0.3) is 0 Å². The van der Waals surface area contributed by atoms with E-state index in [1.165, 1.54) is 17.5 Å². The molecule has 7 heteroatoms. The number of rotatable bonds is 5. The molecule has 0 spiro atoms. The normalized spacial score (nSPS) is 13.9. The molecule has 5 nitrogen and oxygen atoms in total. The summed E-state index contributed by atoms with van der Waals surface area (Å²) >= 11 is 5.63. The molecule has 0 aliphatic carbocycles. The third kappa shape index (κ3) is 3.92. The first-order valence-electron chi connectivity index (χ1n) is 5.13. The Hall–Kier alpha value is -0.690. The molecule has 17 heavy (non-hydrogen) atoms. The van der Waals surface area contributed by atoms with E-state index in [1.807, 2.05) is 0 Å². The van der Waals surface area contributed by atoms with Crippen molar-refractivity contribution in [1.29, 1.82) is 0 Å². The highest BCUT2D eigenvalue weighted by atomic mass is 35.5. The monoisotopic (exact) mass is 277 g/mol. The lowest BCUT2D eigenvalue weighted by Gasteiger charge is -2.22. The number of pyridine rings is 1. The lowest BCUT2D eigenvalue weighted by atomic mass is 10.3. The molecule has 0 bridgehead atoms. The third-order valence-electron chi connectivity index (χ3n) is 2.54. The zero-order valence-corrected chi connectivity index (χ0v) is 11.4. The molecular formula is C10H16ClN3O2S. The third-order valence-corrected chi connectivity index (χ3v) is 4.70. The van der Waals surface area contributed by atoms with E-state index < -0.39 is 10.0 Å². The molecule has 0 amide bonds. The summed E-state index contributed by atoms with van der Waals surface area (Å²) in [4.78, 5) is 3.85. The van der Waals surface area contributed by atoms with E-state index in [-0.39, 0.29) is 18.3 Å². The van der Waals surface area contributed by atoms with Gasteiger partial charge in [-0.2, -0.15) is 0 Å². The molecule has 1 aromatic heterocycles. The second-order valence-electron chi connectivity index (χ2n) is 3.85. The Kier molecular flexibility index (Phi) is 4.88. The Morgan fingerprint density at radius 1 is 1.53 bits per heavy atom. The number of halogens is 1. The molecule has 0 unspecified atom stereocenters. The minimum Gasteiger partial charge on any atom is -0.329 e. The molecule has 96 valence electrons. The van der Waals surface area contributed by atoms with E-state index in [2.05, 4.69) is 4.98 Å². The van der Waals surface area contributed by atoms with E-state index in [9.17, 15) is 8.42 Å². The second kappa shape index (κ2) is 5.77. The first-order chi connectivity index (χ1) is 7.86. The van der Waals surface area contributed by atoms with E-state index >= 15 is 0 Å². The minimum absolute atomic E-state index is 0.0992. The number of nitrogens with zero attached hydrogens (tertiary/aromatic N) is 2. The summed E-state index contributed by atoms with van der Waals surface area (Å²) < 4.78 is 25.3. The van der Waals surface area contributed by atoms with Crippen LogP contribution in [0.4, 0.5) is 0 Å². The van der Waals surface area contributed by atoms with Crippen molar-refractivity contribution in [3.8, 4) is 0 Å². The number of likely N-dealkylation sites (N-methyl/N-ethyl adjacent to an activating group) is 1. The van der Waals surface area contributed by atoms with Gasteiger partial charge in [-0.05, 0) is 18.6 Å². The van der Waals surface area contributed by atoms with Crippen LogP contribution in [-0.4, -0.2) is 37.3 Å². The van der Waals surface area contributed by atoms with Crippen molar-refractivity contribution in [2.45, 2.75) is 18.7 Å². The minimum atomic E-state index is -3.37. The molecule has 0 radical (unpaired) electrons. The summed E-state index contributed by atoms with van der Waals surface area (Å²) in [6, 6.07) is 2.99. The lowest BCUT2D eigenvalue weighted by molar-refractivity contribution is 0.394. The zero-order valence-electron chi connectivity index (χ0n) is 9.80. The highest BCUT2D eigenvalue weighted by Gasteiger charge is 2.22. The van der Waals surface area contributed by atoms with E-state index in [4.69, 9.17) is 17.3 Å². The number of nitrogens with two attached hydrogens (primary N) is 1. The van der Waals surface area contributed by atoms with Crippen LogP contribution in [0.2, 0.25) is 5.15 Å². The summed E-state index contributed by atoms with van der Waals surface area (Å²) in [5.41, 5.74) is 6.05. The molecule has 0 saturated heterocycles. The molecule has 2 N–H and O–H groups in total. The lowest BCUT2D eigenvalue weighted by Crippen LogP contribution is -2.40. The average molecular weight is 278 g/mol. The summed E-state index contributed by atoms with van der Waals surface area (Å²) in [5, 5.41) is 0.342. The highest BCUT2D eigenvalue weighted by molar-refractivity contribution is 7.88. The van der Waals surface area contributed by atoms with Gasteiger partial charge in [0.15, 0.2) is 0 Å². The van der Waals surface area contributed by atoms with E-state index in [0.717, 1.165) is 0 Å². The van der Waals surface area contributed by atoms with E-state index in [1.54, 1.807) is 19.1 Å². The Bertz CT molecular complexity index is 461. The van der Waals surface area contributed by atoms with Gasteiger partial charge in [-0.25, -0.2) is 17.7 Å². The maximum atomic E-state index is 12.0. The number of hydrogen-bond donors (Lipinski definition) is 1. The Balaban J connectivity index is 2.83. The van der Waals surface area contributed by atoms with Gasteiger partial charge >= 0.3 is 0 Å². The fourth-order valence-electron chi connectivity index (χ4n) is 1.23. The van der Waals surface area contributed by atoms with Gasteiger partial charge in [-0.15, -0.1) is 0 Å². The highest BCUT2D eigenvalue weighted by Crippen LogP contribution is 2.12. The van der Waals surface area contributed by atoms with Gasteiger partial charge < -0.3 is 5.73 Å². The maximum absolute atomic E-state index is 12.0. The smallest absolute Gasteiger partial charge is 0.218 e. The zero-order chi connectivity index (χ0) is 13.1. The van der Waals surface area contributed by atoms with Gasteiger partial charge in [-0.3, -0.25) is 0 Å². The maximum Gasteiger partial charge on any atom is 0.218 e. The van der Waals surface area contributed by atoms with Crippen molar-refractivity contribution < 1.29 is 8.42 Å². The quantitative estimate of drug-likeness (QED) is 0.810. The van der Waals surface area contributed by atoms with Crippen LogP contribution < -0.4 is 5.73 Å². The summed E-state index contributed by atoms with van der Waals surface area (Å²) in [6.45, 7) is 2.05. The molecule has 1 aromatic rings. The average Bonchev–Trinajstić information content (AvgIpc) is 2.30. The van der Waals surface area contributed by atoms with Crippen LogP contribution in [0.3, 0.4) is 0 Å². The van der Waals surface area contributed by atoms with Gasteiger partial charge in [0.2, 0.25) is 10.0 Å². The molecular weight excluding hydrogens is 262 g/mol. The van der Waals surface area contributed by atoms with Crippen LogP contribution in [0.1, 0.15) is 12.5 Å². The van der Waals surface area contributed by atoms with Crippen molar-refractivity contribution in [2.75, 3.05) is 13.6 Å². The fraction of sp³-hybridized carbons (Fsp3) is 0.500. The molecule has 1 atom stereocenters. The fourth-order valence-corrected chi connectivity index (χ4v) is 2.77. The van der Waals surface area contributed by atoms with Crippen molar-refractivity contribution in [2.24, 2.45) is 5.73 Å². The van der Waals surface area contributed by atoms with Crippen molar-refractivity contribution >= 4 is 21.6 Å². The molecule has 0 fully saturated rings. The molecule has 0 aromatic carbocycles. The summed E-state index contributed by atoms with van der Waals surface area (Å²) in [7, 11) is -1.84. The first kappa shape index (κ1) is 14.4. The molecule has 0 saturated carbocycles. The Labute approximate surface area is 107 Å². The largest absolute Gasteiger partial charge is 0.329 e. The van der Waals surface area contributed by atoms with Crippen molar-refractivity contribution in [3.05, 3.63) is 29.0 Å². The molecule has 1 heterocycles. The number of hydrogen-bond acceptors (Lipinski definition) is 4. The first-order valence-corrected chi connectivity index (χ1v) is 7.11. The molecule has 1 rings (SSSR count). The predicted molar refractivity (Wildman–Crippen MR) is 68.2 cm³/mol. The van der Waals surface area contributed by atoms with Gasteiger partial charge in [0.1, 0.15) is 5.15 Å². The number of sulfonamides is 1. The van der Waals surface area contributed by atoms with Crippen LogP contribution in [0.5, 0.6) is 0 Å². The summed E-state index contributed by atoms with van der Waals surface area (Å²) in [5.74, 6) is -0.0992. The van der Waals surface area contributed by atoms with Crippen LogP contribution in [0, 0.1) is 0 Å². The predicted octanol–water partition coefficient (Wildman–Crippen LogP) is 0.844. The van der Waals surface area contributed by atoms with Gasteiger partial charge in [0.05, 0.1) is 5.75 Å². The Morgan fingerprint density at radius 2 is 2.18 bits per heavy atom. The SMILES string of the molecule is C[C@H](CN)N(C)S(=O)(=O)Cc1ccc(Cl)nc1. The van der Waals surface area contributed by atoms with Crippen LogP contribution >= 0.6 is 11.6 Å². The molecule has 0 aliphatic heterocycles. The van der Waals surface area contributed by atoms with Gasteiger partial charge in [0, 0.05) is 25.8 Å².